The number of hydrogen-bond acceptors (Lipinski definition) is 1. The SMILES string of the molecule is CNCc1ccc(-c2ccc(C)c3ccccc23)cc1F. The summed E-state index contributed by atoms with van der Waals surface area (Å²) in [5, 5.41) is 5.36. The summed E-state index contributed by atoms with van der Waals surface area (Å²) in [5.41, 5.74) is 3.92. The van der Waals surface area contributed by atoms with Crippen LogP contribution >= 0.6 is 0 Å². The van der Waals surface area contributed by atoms with Gasteiger partial charge < -0.3 is 5.32 Å². The van der Waals surface area contributed by atoms with Crippen molar-refractivity contribution in [2.24, 2.45) is 0 Å². The van der Waals surface area contributed by atoms with Gasteiger partial charge in [0, 0.05) is 12.1 Å². The van der Waals surface area contributed by atoms with Crippen LogP contribution in [-0.4, -0.2) is 7.05 Å². The lowest BCUT2D eigenvalue weighted by Gasteiger charge is -2.11. The van der Waals surface area contributed by atoms with Gasteiger partial charge in [-0.25, -0.2) is 4.39 Å². The molecule has 0 saturated carbocycles. The Bertz CT molecular complexity index is 793. The molecule has 0 aromatic heterocycles. The zero-order valence-corrected chi connectivity index (χ0v) is 12.3. The highest BCUT2D eigenvalue weighted by Gasteiger charge is 2.08. The van der Waals surface area contributed by atoms with Gasteiger partial charge in [0.1, 0.15) is 5.82 Å². The van der Waals surface area contributed by atoms with Crippen molar-refractivity contribution in [2.45, 2.75) is 13.5 Å². The Morgan fingerprint density at radius 1 is 0.952 bits per heavy atom. The number of aryl methyl sites for hydroxylation is 1. The Balaban J connectivity index is 2.17. The summed E-state index contributed by atoms with van der Waals surface area (Å²) in [4.78, 5) is 0. The molecule has 1 nitrogen and oxygen atoms in total. The van der Waals surface area contributed by atoms with Crippen LogP contribution in [0.1, 0.15) is 11.1 Å². The molecule has 0 fully saturated rings. The Morgan fingerprint density at radius 2 is 1.71 bits per heavy atom. The standard InChI is InChI=1S/C19H18FN/c1-13-7-10-17(18-6-4-3-5-16(13)18)14-8-9-15(12-21-2)19(20)11-14/h3-11,21H,12H2,1-2H3. The van der Waals surface area contributed by atoms with E-state index in [9.17, 15) is 4.39 Å². The predicted octanol–water partition coefficient (Wildman–Crippen LogP) is 4.67. The number of hydrogen-bond donors (Lipinski definition) is 1. The van der Waals surface area contributed by atoms with Gasteiger partial charge in [-0.15, -0.1) is 0 Å². The molecule has 3 aromatic rings. The third kappa shape index (κ3) is 2.55. The van der Waals surface area contributed by atoms with Crippen molar-refractivity contribution in [2.75, 3.05) is 7.05 Å². The summed E-state index contributed by atoms with van der Waals surface area (Å²) in [6, 6.07) is 17.9. The summed E-state index contributed by atoms with van der Waals surface area (Å²) in [6.45, 7) is 2.64. The first kappa shape index (κ1) is 13.8. The van der Waals surface area contributed by atoms with Crippen LogP contribution in [0.25, 0.3) is 21.9 Å². The Hall–Kier alpha value is -2.19. The molecule has 0 aliphatic carbocycles. The maximum absolute atomic E-state index is 14.2. The van der Waals surface area contributed by atoms with Gasteiger partial charge in [0.2, 0.25) is 0 Å². The summed E-state index contributed by atoms with van der Waals surface area (Å²) >= 11 is 0. The zero-order valence-electron chi connectivity index (χ0n) is 12.3. The minimum atomic E-state index is -0.161. The van der Waals surface area contributed by atoms with Crippen molar-refractivity contribution in [3.8, 4) is 11.1 Å². The number of fused-ring (bicyclic) bond motifs is 1. The molecule has 0 aliphatic rings. The molecule has 0 spiro atoms. The quantitative estimate of drug-likeness (QED) is 0.734. The Morgan fingerprint density at radius 3 is 2.43 bits per heavy atom. The predicted molar refractivity (Wildman–Crippen MR) is 86.8 cm³/mol. The summed E-state index contributed by atoms with van der Waals surface area (Å²) < 4.78 is 14.2. The molecule has 3 rings (SSSR count). The van der Waals surface area contributed by atoms with Crippen molar-refractivity contribution >= 4 is 10.8 Å². The second-order valence-corrected chi connectivity index (χ2v) is 5.31. The highest BCUT2D eigenvalue weighted by atomic mass is 19.1. The van der Waals surface area contributed by atoms with E-state index in [0.29, 0.717) is 12.1 Å². The molecule has 0 saturated heterocycles. The minimum absolute atomic E-state index is 0.161. The van der Waals surface area contributed by atoms with Crippen LogP contribution in [-0.2, 0) is 6.54 Å². The smallest absolute Gasteiger partial charge is 0.128 e. The molecular formula is C19H18FN. The molecule has 0 radical (unpaired) electrons. The van der Waals surface area contributed by atoms with Crippen molar-refractivity contribution < 1.29 is 4.39 Å². The average molecular weight is 279 g/mol. The Labute approximate surface area is 124 Å². The molecule has 2 heteroatoms. The van der Waals surface area contributed by atoms with Crippen LogP contribution in [0.3, 0.4) is 0 Å². The molecule has 1 N–H and O–H groups in total. The Kier molecular flexibility index (Phi) is 3.72. The second-order valence-electron chi connectivity index (χ2n) is 5.31. The second kappa shape index (κ2) is 5.66. The largest absolute Gasteiger partial charge is 0.316 e. The van der Waals surface area contributed by atoms with E-state index in [-0.39, 0.29) is 5.82 Å². The lowest BCUT2D eigenvalue weighted by atomic mass is 9.95. The number of benzene rings is 3. The van der Waals surface area contributed by atoms with Crippen LogP contribution in [0, 0.1) is 12.7 Å². The first-order valence-corrected chi connectivity index (χ1v) is 7.12. The van der Waals surface area contributed by atoms with Crippen LogP contribution in [0.15, 0.2) is 54.6 Å². The molecule has 106 valence electrons. The van der Waals surface area contributed by atoms with E-state index in [2.05, 4.69) is 36.5 Å². The van der Waals surface area contributed by atoms with Crippen LogP contribution in [0.4, 0.5) is 4.39 Å². The normalized spacial score (nSPS) is 11.0. The number of rotatable bonds is 3. The van der Waals surface area contributed by atoms with E-state index in [1.807, 2.05) is 31.3 Å². The van der Waals surface area contributed by atoms with Gasteiger partial charge in [0.05, 0.1) is 0 Å². The summed E-state index contributed by atoms with van der Waals surface area (Å²) in [6.07, 6.45) is 0. The highest BCUT2D eigenvalue weighted by molar-refractivity contribution is 5.98. The molecule has 0 heterocycles. The lowest BCUT2D eigenvalue weighted by molar-refractivity contribution is 0.601. The fourth-order valence-electron chi connectivity index (χ4n) is 2.75. The van der Waals surface area contributed by atoms with Crippen molar-refractivity contribution in [3.05, 3.63) is 71.5 Å². The number of halogens is 1. The van der Waals surface area contributed by atoms with E-state index >= 15 is 0 Å². The van der Waals surface area contributed by atoms with E-state index in [1.54, 1.807) is 6.07 Å². The molecule has 0 aliphatic heterocycles. The minimum Gasteiger partial charge on any atom is -0.316 e. The first-order chi connectivity index (χ1) is 10.2. The third-order valence-corrected chi connectivity index (χ3v) is 3.87. The third-order valence-electron chi connectivity index (χ3n) is 3.87. The highest BCUT2D eigenvalue weighted by Crippen LogP contribution is 2.31. The van der Waals surface area contributed by atoms with Gasteiger partial charge in [-0.2, -0.15) is 0 Å². The molecule has 0 amide bonds. The van der Waals surface area contributed by atoms with E-state index in [4.69, 9.17) is 0 Å². The van der Waals surface area contributed by atoms with Crippen LogP contribution < -0.4 is 5.32 Å². The molecule has 3 aromatic carbocycles. The van der Waals surface area contributed by atoms with E-state index in [0.717, 1.165) is 11.1 Å². The molecule has 0 unspecified atom stereocenters. The van der Waals surface area contributed by atoms with Gasteiger partial charge in [-0.3, -0.25) is 0 Å². The van der Waals surface area contributed by atoms with Gasteiger partial charge in [-0.05, 0) is 47.5 Å². The van der Waals surface area contributed by atoms with E-state index < -0.39 is 0 Å². The molecule has 0 bridgehead atoms. The van der Waals surface area contributed by atoms with E-state index in [1.165, 1.54) is 16.3 Å². The molecular weight excluding hydrogens is 261 g/mol. The number of nitrogens with one attached hydrogen (secondary N) is 1. The molecule has 21 heavy (non-hydrogen) atoms. The zero-order chi connectivity index (χ0) is 14.8. The fraction of sp³-hybridized carbons (Fsp3) is 0.158. The maximum atomic E-state index is 14.2. The summed E-state index contributed by atoms with van der Waals surface area (Å²) in [5.74, 6) is -0.161. The summed E-state index contributed by atoms with van der Waals surface area (Å²) in [7, 11) is 1.82. The van der Waals surface area contributed by atoms with Crippen LogP contribution in [0.2, 0.25) is 0 Å². The fourth-order valence-corrected chi connectivity index (χ4v) is 2.75. The molecule has 0 atom stereocenters. The van der Waals surface area contributed by atoms with Gasteiger partial charge in [0.15, 0.2) is 0 Å². The van der Waals surface area contributed by atoms with Gasteiger partial charge in [-0.1, -0.05) is 48.5 Å². The van der Waals surface area contributed by atoms with Gasteiger partial charge in [0.25, 0.3) is 0 Å². The van der Waals surface area contributed by atoms with Crippen molar-refractivity contribution in [3.63, 3.8) is 0 Å². The van der Waals surface area contributed by atoms with Gasteiger partial charge >= 0.3 is 0 Å². The van der Waals surface area contributed by atoms with Crippen molar-refractivity contribution in [1.82, 2.24) is 5.32 Å². The van der Waals surface area contributed by atoms with Crippen LogP contribution in [0.5, 0.6) is 0 Å². The lowest BCUT2D eigenvalue weighted by Crippen LogP contribution is -2.06. The van der Waals surface area contributed by atoms with Crippen molar-refractivity contribution in [1.29, 1.82) is 0 Å². The topological polar surface area (TPSA) is 12.0 Å². The monoisotopic (exact) mass is 279 g/mol. The average Bonchev–Trinajstić information content (AvgIpc) is 2.50. The first-order valence-electron chi connectivity index (χ1n) is 7.12. The maximum Gasteiger partial charge on any atom is 0.128 e.